The lowest BCUT2D eigenvalue weighted by molar-refractivity contribution is -0.125. The maximum atomic E-state index is 11.6. The van der Waals surface area contributed by atoms with E-state index in [9.17, 15) is 19.2 Å². The van der Waals surface area contributed by atoms with E-state index in [0.29, 0.717) is 58.7 Å². The van der Waals surface area contributed by atoms with E-state index in [1.165, 1.54) is 0 Å². The largest absolute Gasteiger partial charge is 0.381 e. The molecular formula is C35H70N4O9. The Bertz CT molecular complexity index is 746. The minimum absolute atomic E-state index is 0.0240. The molecule has 0 saturated carbocycles. The fourth-order valence-electron chi connectivity index (χ4n) is 3.79. The summed E-state index contributed by atoms with van der Waals surface area (Å²) in [6.45, 7) is 17.5. The van der Waals surface area contributed by atoms with Gasteiger partial charge in [0.2, 0.25) is 11.8 Å². The van der Waals surface area contributed by atoms with Crippen LogP contribution in [0.25, 0.3) is 0 Å². The number of Topliss-reactive ketones (excluding diaryl/α,β-unsaturated/α-hetero) is 2. The van der Waals surface area contributed by atoms with E-state index in [1.807, 2.05) is 0 Å². The highest BCUT2D eigenvalue weighted by atomic mass is 16.5. The molecule has 13 nitrogen and oxygen atoms in total. The van der Waals surface area contributed by atoms with Crippen LogP contribution in [0.4, 0.5) is 0 Å². The van der Waals surface area contributed by atoms with E-state index >= 15 is 0 Å². The molecule has 48 heavy (non-hydrogen) atoms. The van der Waals surface area contributed by atoms with Crippen LogP contribution in [0.15, 0.2) is 0 Å². The number of hydrogen-bond acceptors (Lipinski definition) is 11. The lowest BCUT2D eigenvalue weighted by atomic mass is 10.2. The molecule has 284 valence electrons. The van der Waals surface area contributed by atoms with Gasteiger partial charge in [0, 0.05) is 71.9 Å². The summed E-state index contributed by atoms with van der Waals surface area (Å²) in [6, 6.07) is 0. The van der Waals surface area contributed by atoms with Gasteiger partial charge in [0.25, 0.3) is 0 Å². The first-order valence-corrected chi connectivity index (χ1v) is 18.2. The van der Waals surface area contributed by atoms with Crippen LogP contribution in [0.3, 0.4) is 0 Å². The van der Waals surface area contributed by atoms with E-state index in [-0.39, 0.29) is 43.0 Å². The summed E-state index contributed by atoms with van der Waals surface area (Å²) in [5.41, 5.74) is 5.17. The second-order valence-electron chi connectivity index (χ2n) is 11.4. The second-order valence-corrected chi connectivity index (χ2v) is 11.4. The van der Waals surface area contributed by atoms with E-state index < -0.39 is 0 Å². The van der Waals surface area contributed by atoms with Crippen molar-refractivity contribution in [2.45, 2.75) is 98.3 Å². The van der Waals surface area contributed by atoms with Crippen molar-refractivity contribution in [2.75, 3.05) is 105 Å². The van der Waals surface area contributed by atoms with Gasteiger partial charge >= 0.3 is 0 Å². The number of unbranched alkanes of at least 4 members (excludes halogenated alkanes) is 3. The molecule has 13 heteroatoms. The normalized spacial score (nSPS) is 10.9. The first kappa shape index (κ1) is 48.1. The molecule has 0 saturated heterocycles. The third kappa shape index (κ3) is 38.4. The molecule has 2 amide bonds. The van der Waals surface area contributed by atoms with Crippen LogP contribution in [0.5, 0.6) is 0 Å². The molecule has 0 radical (unpaired) electrons. The zero-order chi connectivity index (χ0) is 35.9. The summed E-state index contributed by atoms with van der Waals surface area (Å²) >= 11 is 0. The molecule has 0 fully saturated rings. The Morgan fingerprint density at radius 1 is 0.500 bits per heavy atom. The van der Waals surface area contributed by atoms with Crippen molar-refractivity contribution in [3.8, 4) is 0 Å². The van der Waals surface area contributed by atoms with Gasteiger partial charge in [0.15, 0.2) is 11.6 Å². The highest BCUT2D eigenvalue weighted by Gasteiger charge is 2.07. The number of nitrogens with one attached hydrogen (secondary N) is 2. The van der Waals surface area contributed by atoms with Crippen LogP contribution in [-0.2, 0) is 42.9 Å². The van der Waals surface area contributed by atoms with E-state index in [1.54, 1.807) is 6.92 Å². The minimum Gasteiger partial charge on any atom is -0.381 e. The van der Waals surface area contributed by atoms with Gasteiger partial charge in [-0.15, -0.1) is 0 Å². The third-order valence-corrected chi connectivity index (χ3v) is 6.91. The van der Waals surface area contributed by atoms with Crippen molar-refractivity contribution < 1.29 is 42.9 Å². The number of carbonyl (C=O) groups is 4. The predicted octanol–water partition coefficient (Wildman–Crippen LogP) is 3.06. The maximum Gasteiger partial charge on any atom is 0.234 e. The summed E-state index contributed by atoms with van der Waals surface area (Å²) in [5.74, 6) is -0.351. The van der Waals surface area contributed by atoms with Gasteiger partial charge in [-0.25, -0.2) is 0 Å². The third-order valence-electron chi connectivity index (χ3n) is 6.91. The molecule has 0 aliphatic rings. The summed E-state index contributed by atoms with van der Waals surface area (Å²) in [5, 5.41) is 5.03. The van der Waals surface area contributed by atoms with Crippen LogP contribution in [-0.4, -0.2) is 134 Å². The van der Waals surface area contributed by atoms with Crippen molar-refractivity contribution in [1.29, 1.82) is 0 Å². The number of amides is 2. The quantitative estimate of drug-likeness (QED) is 0.0837. The van der Waals surface area contributed by atoms with E-state index in [4.69, 9.17) is 29.4 Å². The van der Waals surface area contributed by atoms with Crippen molar-refractivity contribution >= 4 is 23.4 Å². The lowest BCUT2D eigenvalue weighted by Crippen LogP contribution is -2.34. The van der Waals surface area contributed by atoms with Crippen LogP contribution in [0.1, 0.15) is 98.3 Å². The van der Waals surface area contributed by atoms with Gasteiger partial charge in [0.1, 0.15) is 0 Å². The molecule has 0 aliphatic carbocycles. The predicted molar refractivity (Wildman–Crippen MR) is 189 cm³/mol. The summed E-state index contributed by atoms with van der Waals surface area (Å²) in [7, 11) is 0. The molecule has 0 heterocycles. The topological polar surface area (TPSA) is 168 Å². The zero-order valence-electron chi connectivity index (χ0n) is 30.8. The fourth-order valence-corrected chi connectivity index (χ4v) is 3.79. The smallest absolute Gasteiger partial charge is 0.234 e. The number of ether oxygens (including phenoxy) is 5. The van der Waals surface area contributed by atoms with Crippen molar-refractivity contribution in [2.24, 2.45) is 5.73 Å². The first-order valence-electron chi connectivity index (χ1n) is 18.2. The summed E-state index contributed by atoms with van der Waals surface area (Å²) < 4.78 is 27.9. The molecule has 4 N–H and O–H groups in total. The average molecular weight is 691 g/mol. The zero-order valence-corrected chi connectivity index (χ0v) is 30.8. The number of nitrogens with zero attached hydrogens (tertiary/aromatic N) is 1. The van der Waals surface area contributed by atoms with Gasteiger partial charge < -0.3 is 40.1 Å². The average Bonchev–Trinajstić information content (AvgIpc) is 3.09. The van der Waals surface area contributed by atoms with Gasteiger partial charge in [-0.3, -0.25) is 24.1 Å². The van der Waals surface area contributed by atoms with Crippen molar-refractivity contribution in [3.05, 3.63) is 0 Å². The van der Waals surface area contributed by atoms with E-state index in [0.717, 1.165) is 97.6 Å². The van der Waals surface area contributed by atoms with Crippen LogP contribution >= 0.6 is 0 Å². The lowest BCUT2D eigenvalue weighted by Gasteiger charge is -2.22. The maximum absolute atomic E-state index is 11.6. The Morgan fingerprint density at radius 2 is 0.854 bits per heavy atom. The molecule has 0 aliphatic heterocycles. The Morgan fingerprint density at radius 3 is 1.25 bits per heavy atom. The molecule has 0 unspecified atom stereocenters. The van der Waals surface area contributed by atoms with Crippen molar-refractivity contribution in [3.63, 3.8) is 0 Å². The molecule has 0 rings (SSSR count). The summed E-state index contributed by atoms with van der Waals surface area (Å²) in [6.07, 6.45) is 9.34. The second kappa shape index (κ2) is 39.4. The van der Waals surface area contributed by atoms with E-state index in [2.05, 4.69) is 36.3 Å². The number of hydrogen-bond donors (Lipinski definition) is 3. The minimum atomic E-state index is -0.321. The highest BCUT2D eigenvalue weighted by molar-refractivity contribution is 5.86. The molecule has 0 aromatic carbocycles. The number of ketones is 2. The molecular weight excluding hydrogens is 620 g/mol. The van der Waals surface area contributed by atoms with Crippen LogP contribution in [0, 0.1) is 0 Å². The molecule has 0 spiro atoms. The van der Waals surface area contributed by atoms with Gasteiger partial charge in [-0.2, -0.15) is 0 Å². The fraction of sp³-hybridized carbons (Fsp3) is 0.886. The van der Waals surface area contributed by atoms with Crippen LogP contribution in [0.2, 0.25) is 0 Å². The number of nitrogens with two attached hydrogens (primary N) is 1. The monoisotopic (exact) mass is 691 g/mol. The van der Waals surface area contributed by atoms with Crippen molar-refractivity contribution in [1.82, 2.24) is 15.5 Å². The first-order chi connectivity index (χ1) is 23.3. The number of rotatable bonds is 35. The summed E-state index contributed by atoms with van der Waals surface area (Å²) in [4.78, 5) is 47.1. The Kier molecular flexibility index (Phi) is 39.5. The molecule has 0 atom stereocenters. The van der Waals surface area contributed by atoms with Crippen LogP contribution < -0.4 is 16.4 Å². The molecule has 0 aromatic rings. The molecule has 0 bridgehead atoms. The molecule has 0 aromatic heterocycles. The standard InChI is InChI=1S/C23H47N3O6.C12H23NO3/c1-3-5-12-29-15-9-26(10-16-30-13-6-4-2)11-17-32-19-18-31-14-7-8-22(27)21-25-23(28)20-24;1-3-5-8-16-9-6-7-11(14)10-13-12(15)4-2/h3-21,24H2,1-2H3,(H,25,28);3-10H2,1-2H3,(H,13,15). The van der Waals surface area contributed by atoms with Gasteiger partial charge in [0.05, 0.1) is 52.7 Å². The SMILES string of the molecule is CCCCOCCCC(=O)CNC(=O)CC.CCCCOCCN(CCOCCCC)CCOCCOCCCC(=O)CNC(=O)CN. The van der Waals surface area contributed by atoms with Gasteiger partial charge in [-0.1, -0.05) is 47.0 Å². The highest BCUT2D eigenvalue weighted by Crippen LogP contribution is 1.97. The Hall–Kier alpha value is -2.00. The van der Waals surface area contributed by atoms with Gasteiger partial charge in [-0.05, 0) is 32.1 Å². The Labute approximate surface area is 291 Å². The number of carbonyl (C=O) groups excluding carboxylic acids is 4. The Balaban J connectivity index is 0.